The third-order valence-electron chi connectivity index (χ3n) is 5.03. The first-order chi connectivity index (χ1) is 12.4. The van der Waals surface area contributed by atoms with Crippen LogP contribution in [0.25, 0.3) is 5.76 Å². The molecule has 0 amide bonds. The lowest BCUT2D eigenvalue weighted by atomic mass is 10.1. The molecule has 1 nitrogen and oxygen atoms in total. The summed E-state index contributed by atoms with van der Waals surface area (Å²) in [7, 11) is -2.04. The van der Waals surface area contributed by atoms with Gasteiger partial charge in [0.2, 0.25) is 8.32 Å². The van der Waals surface area contributed by atoms with Crippen LogP contribution in [0.15, 0.2) is 60.7 Å². The van der Waals surface area contributed by atoms with Crippen molar-refractivity contribution in [3.05, 3.63) is 77.4 Å². The third kappa shape index (κ3) is 5.73. The molecular formula is C22H27F3OSi. The third-order valence-corrected chi connectivity index (χ3v) is 9.38. The fourth-order valence-electron chi connectivity index (χ4n) is 2.29. The quantitative estimate of drug-likeness (QED) is 0.383. The number of hydrogen-bond donors (Lipinski definition) is 0. The van der Waals surface area contributed by atoms with Gasteiger partial charge in [0, 0.05) is 5.56 Å². The Hall–Kier alpha value is -2.01. The Morgan fingerprint density at radius 3 is 1.96 bits per heavy atom. The van der Waals surface area contributed by atoms with Gasteiger partial charge in [0.05, 0.1) is 5.56 Å². The minimum absolute atomic E-state index is 0.0508. The molecule has 0 atom stereocenters. The SMILES string of the molecule is CC(C)(C)[Si](C)(C)O/C(=C\Cc1ccc(C(F)(F)F)cc1)c1ccccc1. The molecule has 0 bridgehead atoms. The number of allylic oxidation sites excluding steroid dienone is 1. The van der Waals surface area contributed by atoms with E-state index in [2.05, 4.69) is 33.9 Å². The van der Waals surface area contributed by atoms with Crippen LogP contribution in [0.4, 0.5) is 13.2 Å². The maximum Gasteiger partial charge on any atom is 0.416 e. The smallest absolute Gasteiger partial charge is 0.416 e. The normalized spacial score (nSPS) is 13.6. The Kier molecular flexibility index (Phi) is 6.25. The van der Waals surface area contributed by atoms with Gasteiger partial charge in [0.1, 0.15) is 5.76 Å². The molecule has 0 aliphatic carbocycles. The first kappa shape index (κ1) is 21.3. The minimum atomic E-state index is -4.31. The molecule has 0 spiro atoms. The molecule has 2 rings (SSSR count). The molecule has 0 unspecified atom stereocenters. The summed E-state index contributed by atoms with van der Waals surface area (Å²) in [5, 5.41) is 0.0508. The second kappa shape index (κ2) is 7.93. The summed E-state index contributed by atoms with van der Waals surface area (Å²) in [5.41, 5.74) is 1.17. The van der Waals surface area contributed by atoms with Gasteiger partial charge >= 0.3 is 6.18 Å². The van der Waals surface area contributed by atoms with Crippen molar-refractivity contribution in [2.75, 3.05) is 0 Å². The topological polar surface area (TPSA) is 9.23 Å². The molecule has 0 aliphatic heterocycles. The molecular weight excluding hydrogens is 365 g/mol. The molecule has 2 aromatic rings. The molecule has 0 fully saturated rings. The number of hydrogen-bond acceptors (Lipinski definition) is 1. The number of alkyl halides is 3. The van der Waals surface area contributed by atoms with Gasteiger partial charge in [-0.1, -0.05) is 63.2 Å². The van der Waals surface area contributed by atoms with E-state index in [1.54, 1.807) is 0 Å². The highest BCUT2D eigenvalue weighted by atomic mass is 28.4. The summed E-state index contributed by atoms with van der Waals surface area (Å²) in [6, 6.07) is 15.1. The van der Waals surface area contributed by atoms with Crippen molar-refractivity contribution in [3.8, 4) is 0 Å². The number of halogens is 3. The van der Waals surface area contributed by atoms with E-state index >= 15 is 0 Å². The van der Waals surface area contributed by atoms with Crippen LogP contribution in [0, 0.1) is 0 Å². The maximum atomic E-state index is 12.7. The zero-order valence-electron chi connectivity index (χ0n) is 16.5. The Morgan fingerprint density at radius 1 is 0.926 bits per heavy atom. The summed E-state index contributed by atoms with van der Waals surface area (Å²) in [5.74, 6) is 0.794. The number of rotatable bonds is 5. The lowest BCUT2D eigenvalue weighted by Gasteiger charge is -2.37. The minimum Gasteiger partial charge on any atom is -0.543 e. The zero-order valence-corrected chi connectivity index (χ0v) is 17.5. The lowest BCUT2D eigenvalue weighted by Crippen LogP contribution is -2.40. The van der Waals surface area contributed by atoms with E-state index in [1.165, 1.54) is 12.1 Å². The van der Waals surface area contributed by atoms with Gasteiger partial charge in [-0.15, -0.1) is 0 Å². The average molecular weight is 393 g/mol. The summed E-state index contributed by atoms with van der Waals surface area (Å²) in [6.07, 6.45) is -1.83. The summed E-state index contributed by atoms with van der Waals surface area (Å²) in [6.45, 7) is 10.9. The van der Waals surface area contributed by atoms with Gasteiger partial charge in [-0.05, 0) is 48.3 Å². The molecule has 0 saturated carbocycles. The van der Waals surface area contributed by atoms with E-state index in [0.29, 0.717) is 6.42 Å². The predicted molar refractivity (Wildman–Crippen MR) is 108 cm³/mol. The zero-order chi connectivity index (χ0) is 20.3. The van der Waals surface area contributed by atoms with Crippen molar-refractivity contribution in [1.29, 1.82) is 0 Å². The van der Waals surface area contributed by atoms with Gasteiger partial charge in [0.25, 0.3) is 0 Å². The first-order valence-corrected chi connectivity index (χ1v) is 11.9. The van der Waals surface area contributed by atoms with Crippen LogP contribution in [-0.2, 0) is 17.0 Å². The molecule has 0 saturated heterocycles. The van der Waals surface area contributed by atoms with Crippen LogP contribution in [0.1, 0.15) is 37.5 Å². The van der Waals surface area contributed by atoms with Crippen molar-refractivity contribution in [2.45, 2.75) is 51.5 Å². The second-order valence-electron chi connectivity index (χ2n) is 8.20. The van der Waals surface area contributed by atoms with Gasteiger partial charge in [-0.3, -0.25) is 0 Å². The molecule has 27 heavy (non-hydrogen) atoms. The summed E-state index contributed by atoms with van der Waals surface area (Å²) in [4.78, 5) is 0. The number of benzene rings is 2. The maximum absolute atomic E-state index is 12.7. The highest BCUT2D eigenvalue weighted by Crippen LogP contribution is 2.39. The monoisotopic (exact) mass is 392 g/mol. The Balaban J connectivity index is 2.28. The fourth-order valence-corrected chi connectivity index (χ4v) is 3.35. The van der Waals surface area contributed by atoms with Crippen molar-refractivity contribution in [2.24, 2.45) is 0 Å². The molecule has 5 heteroatoms. The Bertz CT molecular complexity index is 770. The molecule has 0 aromatic heterocycles. The first-order valence-electron chi connectivity index (χ1n) is 9.01. The van der Waals surface area contributed by atoms with Gasteiger partial charge in [0.15, 0.2) is 0 Å². The van der Waals surface area contributed by atoms with Crippen LogP contribution < -0.4 is 0 Å². The van der Waals surface area contributed by atoms with Crippen molar-refractivity contribution < 1.29 is 17.6 Å². The molecule has 0 N–H and O–H groups in total. The van der Waals surface area contributed by atoms with Crippen molar-refractivity contribution >= 4 is 14.1 Å². The largest absolute Gasteiger partial charge is 0.543 e. The second-order valence-corrected chi connectivity index (χ2v) is 12.9. The molecule has 0 heterocycles. The van der Waals surface area contributed by atoms with E-state index in [0.717, 1.165) is 29.0 Å². The van der Waals surface area contributed by atoms with Crippen molar-refractivity contribution in [3.63, 3.8) is 0 Å². The molecule has 0 aliphatic rings. The Morgan fingerprint density at radius 2 is 1.48 bits per heavy atom. The van der Waals surface area contributed by atoms with Crippen molar-refractivity contribution in [1.82, 2.24) is 0 Å². The summed E-state index contributed by atoms with van der Waals surface area (Å²) >= 11 is 0. The van der Waals surface area contributed by atoms with Crippen LogP contribution in [0.3, 0.4) is 0 Å². The van der Waals surface area contributed by atoms with Crippen LogP contribution in [0.2, 0.25) is 18.1 Å². The standard InChI is InChI=1S/C22H27F3OSi/c1-21(2,3)27(4,5)26-20(18-9-7-6-8-10-18)16-13-17-11-14-19(15-12-17)22(23,24)25/h6-12,14-16H,13H2,1-5H3/b20-16-. The van der Waals surface area contributed by atoms with E-state index in [4.69, 9.17) is 4.43 Å². The molecule has 146 valence electrons. The highest BCUT2D eigenvalue weighted by Gasteiger charge is 2.39. The van der Waals surface area contributed by atoms with Gasteiger partial charge in [-0.25, -0.2) is 0 Å². The van der Waals surface area contributed by atoms with Gasteiger partial charge in [-0.2, -0.15) is 13.2 Å². The van der Waals surface area contributed by atoms with E-state index in [-0.39, 0.29) is 5.04 Å². The molecule has 0 radical (unpaired) electrons. The van der Waals surface area contributed by atoms with Gasteiger partial charge < -0.3 is 4.43 Å². The van der Waals surface area contributed by atoms with E-state index in [9.17, 15) is 13.2 Å². The van der Waals surface area contributed by atoms with E-state index < -0.39 is 20.1 Å². The fraction of sp³-hybridized carbons (Fsp3) is 0.364. The van der Waals surface area contributed by atoms with Crippen LogP contribution in [0.5, 0.6) is 0 Å². The predicted octanol–water partition coefficient (Wildman–Crippen LogP) is 7.31. The van der Waals surface area contributed by atoms with Crippen LogP contribution in [-0.4, -0.2) is 8.32 Å². The average Bonchev–Trinajstić information content (AvgIpc) is 2.58. The van der Waals surface area contributed by atoms with Crippen LogP contribution >= 0.6 is 0 Å². The molecule has 2 aromatic carbocycles. The summed E-state index contributed by atoms with van der Waals surface area (Å²) < 4.78 is 44.7. The van der Waals surface area contributed by atoms with E-state index in [1.807, 2.05) is 36.4 Å². The lowest BCUT2D eigenvalue weighted by molar-refractivity contribution is -0.137. The highest BCUT2D eigenvalue weighted by molar-refractivity contribution is 6.74. The Labute approximate surface area is 161 Å².